The van der Waals surface area contributed by atoms with E-state index in [1.54, 1.807) is 6.08 Å². The average Bonchev–Trinajstić information content (AvgIpc) is 3.47. The highest BCUT2D eigenvalue weighted by Crippen LogP contribution is 2.19. The van der Waals surface area contributed by atoms with Crippen molar-refractivity contribution in [3.05, 3.63) is 24.3 Å². The van der Waals surface area contributed by atoms with Gasteiger partial charge in [0.15, 0.2) is 0 Å². The summed E-state index contributed by atoms with van der Waals surface area (Å²) in [5.41, 5.74) is 0. The number of carbonyl (C=O) groups excluding carboxylic acids is 2. The normalized spacial score (nSPS) is 12.6. The summed E-state index contributed by atoms with van der Waals surface area (Å²) in [5.74, 6) is -0.0447. The van der Waals surface area contributed by atoms with Crippen LogP contribution in [0.5, 0.6) is 0 Å². The highest BCUT2D eigenvalue weighted by molar-refractivity contribution is 5.76. The van der Waals surface area contributed by atoms with E-state index in [-0.39, 0.29) is 18.5 Å². The maximum atomic E-state index is 12.5. The minimum atomic E-state index is -0.845. The van der Waals surface area contributed by atoms with E-state index in [0.29, 0.717) is 19.4 Å². The number of esters is 1. The Kier molecular flexibility index (Phi) is 69.4. The van der Waals surface area contributed by atoms with Gasteiger partial charge in [0.05, 0.1) is 25.4 Å². The van der Waals surface area contributed by atoms with Gasteiger partial charge in [-0.05, 0) is 57.8 Å². The van der Waals surface area contributed by atoms with Crippen LogP contribution in [0.1, 0.15) is 418 Å². The Balaban J connectivity index is 3.38. The fourth-order valence-electron chi connectivity index (χ4n) is 11.8. The summed E-state index contributed by atoms with van der Waals surface area (Å²) in [4.78, 5) is 24.6. The van der Waals surface area contributed by atoms with Crippen molar-refractivity contribution in [1.82, 2.24) is 5.32 Å². The number of rotatable bonds is 70. The molecule has 0 aliphatic carbocycles. The minimum Gasteiger partial charge on any atom is -0.466 e. The van der Waals surface area contributed by atoms with Gasteiger partial charge in [-0.2, -0.15) is 0 Å². The molecule has 3 N–H and O–H groups in total. The molecule has 0 rings (SSSR count). The number of aliphatic hydroxyl groups is 2. The Morgan fingerprint density at radius 3 is 0.877 bits per heavy atom. The highest BCUT2D eigenvalue weighted by Gasteiger charge is 2.18. The lowest BCUT2D eigenvalue weighted by molar-refractivity contribution is -0.143. The van der Waals surface area contributed by atoms with Crippen LogP contribution < -0.4 is 5.32 Å². The largest absolute Gasteiger partial charge is 0.466 e. The smallest absolute Gasteiger partial charge is 0.305 e. The molecule has 0 spiro atoms. The van der Waals surface area contributed by atoms with Crippen LogP contribution in [0, 0.1) is 0 Å². The van der Waals surface area contributed by atoms with Crippen molar-refractivity contribution in [2.75, 3.05) is 13.2 Å². The molecular weight excluding hydrogens is 995 g/mol. The van der Waals surface area contributed by atoms with E-state index in [1.807, 2.05) is 6.08 Å². The molecule has 480 valence electrons. The number of hydrogen-bond donors (Lipinski definition) is 3. The molecule has 2 atom stereocenters. The molecule has 0 aromatic rings. The fraction of sp³-hybridized carbons (Fsp3) is 0.920. The number of unbranched alkanes of at least 4 members (excludes halogenated alkanes) is 57. The van der Waals surface area contributed by atoms with Crippen LogP contribution in [0.2, 0.25) is 0 Å². The van der Waals surface area contributed by atoms with Gasteiger partial charge in [0.2, 0.25) is 5.91 Å². The van der Waals surface area contributed by atoms with Crippen LogP contribution in [-0.2, 0) is 14.3 Å². The van der Waals surface area contributed by atoms with Gasteiger partial charge in [-0.1, -0.05) is 372 Å². The molecule has 0 saturated heterocycles. The highest BCUT2D eigenvalue weighted by atomic mass is 16.5. The average molecular weight is 1140 g/mol. The lowest BCUT2D eigenvalue weighted by Crippen LogP contribution is -2.45. The molecule has 0 heterocycles. The Bertz CT molecular complexity index is 1270. The number of allylic oxidation sites excluding steroid dienone is 3. The maximum absolute atomic E-state index is 12.5. The van der Waals surface area contributed by atoms with Crippen molar-refractivity contribution in [3.8, 4) is 0 Å². The molecule has 0 aromatic carbocycles. The molecule has 0 aromatic heterocycles. The first kappa shape index (κ1) is 79.3. The zero-order valence-electron chi connectivity index (χ0n) is 55.0. The maximum Gasteiger partial charge on any atom is 0.305 e. The lowest BCUT2D eigenvalue weighted by atomic mass is 10.0. The van der Waals surface area contributed by atoms with Crippen molar-refractivity contribution in [1.29, 1.82) is 0 Å². The van der Waals surface area contributed by atoms with Crippen LogP contribution in [-0.4, -0.2) is 47.4 Å². The minimum absolute atomic E-state index is 0.0204. The molecule has 81 heavy (non-hydrogen) atoms. The van der Waals surface area contributed by atoms with E-state index in [9.17, 15) is 19.8 Å². The number of ether oxygens (including phenoxy) is 1. The molecule has 0 fully saturated rings. The first-order valence-electron chi connectivity index (χ1n) is 37.1. The summed E-state index contributed by atoms with van der Waals surface area (Å²) in [5, 5.41) is 23.2. The van der Waals surface area contributed by atoms with E-state index in [2.05, 4.69) is 31.3 Å². The fourth-order valence-corrected chi connectivity index (χ4v) is 11.8. The molecule has 0 bridgehead atoms. The molecule has 1 amide bonds. The second-order valence-corrected chi connectivity index (χ2v) is 25.6. The predicted octanol–water partition coefficient (Wildman–Crippen LogP) is 24.1. The lowest BCUT2D eigenvalue weighted by Gasteiger charge is -2.20. The van der Waals surface area contributed by atoms with E-state index in [0.717, 1.165) is 38.5 Å². The first-order valence-corrected chi connectivity index (χ1v) is 37.1. The summed E-state index contributed by atoms with van der Waals surface area (Å²) >= 11 is 0. The number of nitrogens with one attached hydrogen (secondary N) is 1. The zero-order valence-corrected chi connectivity index (χ0v) is 55.0. The molecule has 0 aliphatic heterocycles. The van der Waals surface area contributed by atoms with E-state index in [1.165, 1.54) is 353 Å². The quantitative estimate of drug-likeness (QED) is 0.0320. The third-order valence-corrected chi connectivity index (χ3v) is 17.5. The summed E-state index contributed by atoms with van der Waals surface area (Å²) in [6.45, 7) is 4.95. The number of hydrogen-bond acceptors (Lipinski definition) is 5. The summed E-state index contributed by atoms with van der Waals surface area (Å²) < 4.78 is 5.52. The summed E-state index contributed by atoms with van der Waals surface area (Å²) in [7, 11) is 0. The first-order chi connectivity index (χ1) is 40.0. The molecule has 0 aliphatic rings. The van der Waals surface area contributed by atoms with Gasteiger partial charge in [0.25, 0.3) is 0 Å². The Hall–Kier alpha value is -1.66. The van der Waals surface area contributed by atoms with E-state index in [4.69, 9.17) is 4.74 Å². The van der Waals surface area contributed by atoms with Crippen molar-refractivity contribution >= 4 is 11.9 Å². The van der Waals surface area contributed by atoms with Gasteiger partial charge in [0.1, 0.15) is 0 Å². The van der Waals surface area contributed by atoms with Crippen molar-refractivity contribution < 1.29 is 24.5 Å². The third-order valence-electron chi connectivity index (χ3n) is 17.5. The third kappa shape index (κ3) is 67.3. The second-order valence-electron chi connectivity index (χ2n) is 25.6. The van der Waals surface area contributed by atoms with Crippen LogP contribution in [0.4, 0.5) is 0 Å². The van der Waals surface area contributed by atoms with Crippen molar-refractivity contribution in [2.24, 2.45) is 0 Å². The van der Waals surface area contributed by atoms with Gasteiger partial charge < -0.3 is 20.3 Å². The summed E-state index contributed by atoms with van der Waals surface area (Å²) in [6, 6.07) is -0.629. The van der Waals surface area contributed by atoms with Gasteiger partial charge in [-0.15, -0.1) is 0 Å². The molecular formula is C75H145NO5. The zero-order chi connectivity index (χ0) is 58.5. The van der Waals surface area contributed by atoms with Crippen LogP contribution in [0.25, 0.3) is 0 Å². The number of amides is 1. The van der Waals surface area contributed by atoms with Crippen molar-refractivity contribution in [3.63, 3.8) is 0 Å². The Morgan fingerprint density at radius 1 is 0.333 bits per heavy atom. The number of aliphatic hydroxyl groups excluding tert-OH is 2. The predicted molar refractivity (Wildman–Crippen MR) is 356 cm³/mol. The molecule has 2 unspecified atom stereocenters. The van der Waals surface area contributed by atoms with Crippen LogP contribution in [0.15, 0.2) is 24.3 Å². The van der Waals surface area contributed by atoms with E-state index < -0.39 is 12.1 Å². The van der Waals surface area contributed by atoms with Gasteiger partial charge >= 0.3 is 5.97 Å². The Morgan fingerprint density at radius 2 is 0.580 bits per heavy atom. The standard InChI is InChI=1S/C75H145NO5/c1-3-5-7-9-11-13-15-17-19-21-32-37-41-45-49-53-57-61-65-69-75(80)81-70-66-62-58-54-50-46-42-38-34-31-29-27-25-23-24-26-28-30-33-36-40-44-48-52-56-60-64-68-74(79)76-72(71-77)73(78)67-63-59-55-51-47-43-39-35-22-20-18-16-14-12-10-8-6-4-2/h23-24,63,67,72-73,77-78H,3-22,25-62,64-66,68-71H2,1-2H3,(H,76,79)/b24-23-,67-63+. The van der Waals surface area contributed by atoms with Gasteiger partial charge in [-0.3, -0.25) is 9.59 Å². The monoisotopic (exact) mass is 1140 g/mol. The molecule has 6 nitrogen and oxygen atoms in total. The molecule has 0 saturated carbocycles. The molecule has 6 heteroatoms. The van der Waals surface area contributed by atoms with Crippen LogP contribution >= 0.6 is 0 Å². The van der Waals surface area contributed by atoms with Gasteiger partial charge in [-0.25, -0.2) is 0 Å². The second kappa shape index (κ2) is 70.8. The number of carbonyl (C=O) groups is 2. The van der Waals surface area contributed by atoms with Gasteiger partial charge in [0, 0.05) is 12.8 Å². The Labute approximate surface area is 507 Å². The SMILES string of the molecule is CCCCCCCCCCCCCCCCCC/C=C/C(O)C(CO)NC(=O)CCCCCCCCCCCCC/C=C\CCCCCCCCCCCCCCOC(=O)CCCCCCCCCCCCCCCCCCCCC. The topological polar surface area (TPSA) is 95.9 Å². The van der Waals surface area contributed by atoms with E-state index >= 15 is 0 Å². The molecule has 0 radical (unpaired) electrons. The summed E-state index contributed by atoms with van der Waals surface area (Å²) in [6.07, 6.45) is 89.8. The van der Waals surface area contributed by atoms with Crippen molar-refractivity contribution in [2.45, 2.75) is 431 Å². The van der Waals surface area contributed by atoms with Crippen LogP contribution in [0.3, 0.4) is 0 Å².